The van der Waals surface area contributed by atoms with E-state index < -0.39 is 37.3 Å². The van der Waals surface area contributed by atoms with E-state index in [9.17, 15) is 20.4 Å². The maximum absolute atomic E-state index is 10.2. The van der Waals surface area contributed by atoms with Crippen LogP contribution >= 0.6 is 0 Å². The second-order valence-electron chi connectivity index (χ2n) is 9.16. The van der Waals surface area contributed by atoms with Crippen LogP contribution in [0.1, 0.15) is 27.8 Å². The maximum Gasteiger partial charge on any atom is 0.229 e. The van der Waals surface area contributed by atoms with Crippen molar-refractivity contribution in [2.45, 2.75) is 30.7 Å². The minimum absolute atomic E-state index is 0.358. The van der Waals surface area contributed by atoms with Gasteiger partial charge in [-0.2, -0.15) is 0 Å². The summed E-state index contributed by atoms with van der Waals surface area (Å²) in [4.78, 5) is 4.46. The Morgan fingerprint density at radius 2 is 1.44 bits per heavy atom. The van der Waals surface area contributed by atoms with Crippen LogP contribution in [0.5, 0.6) is 5.75 Å². The Bertz CT molecular complexity index is 1460. The molecular weight excluding hydrogens is 496 g/mol. The fourth-order valence-electron chi connectivity index (χ4n) is 4.21. The molecule has 0 radical (unpaired) electrons. The number of aliphatic hydroxyl groups is 4. The fourth-order valence-corrected chi connectivity index (χ4v) is 4.21. The van der Waals surface area contributed by atoms with Crippen molar-refractivity contribution in [1.82, 2.24) is 5.32 Å². The van der Waals surface area contributed by atoms with E-state index in [1.165, 1.54) is 0 Å². The SMILES string of the molecule is OCC1OC(Oc2cccc(C#Cc3ccc(C#Cc4cccc(C5=NCCN5)c4)cc3)c2)C(O)C(O)C1O. The molecule has 1 saturated heterocycles. The van der Waals surface area contributed by atoms with Crippen LogP contribution in [0.4, 0.5) is 0 Å². The van der Waals surface area contributed by atoms with Crippen LogP contribution < -0.4 is 10.1 Å². The molecule has 0 bridgehead atoms. The predicted octanol–water partition coefficient (Wildman–Crippen LogP) is 1.01. The van der Waals surface area contributed by atoms with E-state index in [-0.39, 0.29) is 0 Å². The van der Waals surface area contributed by atoms with Crippen molar-refractivity contribution in [1.29, 1.82) is 0 Å². The van der Waals surface area contributed by atoms with Crippen molar-refractivity contribution in [3.63, 3.8) is 0 Å². The molecule has 5 rings (SSSR count). The lowest BCUT2D eigenvalue weighted by Gasteiger charge is -2.39. The number of amidine groups is 1. The van der Waals surface area contributed by atoms with Crippen LogP contribution in [-0.2, 0) is 4.74 Å². The number of hydrogen-bond donors (Lipinski definition) is 5. The Balaban J connectivity index is 1.23. The van der Waals surface area contributed by atoms with E-state index in [1.54, 1.807) is 18.2 Å². The lowest BCUT2D eigenvalue weighted by molar-refractivity contribution is -0.277. The van der Waals surface area contributed by atoms with Gasteiger partial charge in [0.1, 0.15) is 36.0 Å². The van der Waals surface area contributed by atoms with Crippen LogP contribution in [0.2, 0.25) is 0 Å². The number of hydrogen-bond acceptors (Lipinski definition) is 8. The van der Waals surface area contributed by atoms with Crippen molar-refractivity contribution in [2.24, 2.45) is 4.99 Å². The molecule has 5 atom stereocenters. The molecule has 8 heteroatoms. The topological polar surface area (TPSA) is 124 Å². The third-order valence-electron chi connectivity index (χ3n) is 6.33. The number of rotatable bonds is 4. The fraction of sp³-hybridized carbons (Fsp3) is 0.258. The summed E-state index contributed by atoms with van der Waals surface area (Å²) < 4.78 is 11.1. The van der Waals surface area contributed by atoms with Crippen molar-refractivity contribution < 1.29 is 29.9 Å². The first kappa shape index (κ1) is 26.5. The van der Waals surface area contributed by atoms with E-state index in [0.717, 1.165) is 41.2 Å². The monoisotopic (exact) mass is 524 g/mol. The number of ether oxygens (including phenoxy) is 2. The van der Waals surface area contributed by atoms with Crippen molar-refractivity contribution >= 4 is 5.84 Å². The smallest absolute Gasteiger partial charge is 0.229 e. The van der Waals surface area contributed by atoms with E-state index in [1.807, 2.05) is 54.6 Å². The Morgan fingerprint density at radius 3 is 2.08 bits per heavy atom. The van der Waals surface area contributed by atoms with Gasteiger partial charge in [0.15, 0.2) is 0 Å². The zero-order chi connectivity index (χ0) is 27.2. The summed E-state index contributed by atoms with van der Waals surface area (Å²) >= 11 is 0. The highest BCUT2D eigenvalue weighted by Crippen LogP contribution is 2.24. The van der Waals surface area contributed by atoms with Crippen LogP contribution in [0.25, 0.3) is 0 Å². The summed E-state index contributed by atoms with van der Waals surface area (Å²) in [5, 5.41) is 42.7. The Kier molecular flexibility index (Phi) is 8.24. The quantitative estimate of drug-likeness (QED) is 0.323. The Labute approximate surface area is 226 Å². The largest absolute Gasteiger partial charge is 0.462 e. The molecule has 3 aromatic carbocycles. The van der Waals surface area contributed by atoms with Gasteiger partial charge in [-0.1, -0.05) is 41.9 Å². The molecule has 0 spiro atoms. The van der Waals surface area contributed by atoms with Gasteiger partial charge in [0.2, 0.25) is 6.29 Å². The lowest BCUT2D eigenvalue weighted by Crippen LogP contribution is -2.60. The van der Waals surface area contributed by atoms with Gasteiger partial charge in [-0.3, -0.25) is 4.99 Å². The normalized spacial score (nSPS) is 23.9. The summed E-state index contributed by atoms with van der Waals surface area (Å²) in [5.74, 6) is 13.8. The van der Waals surface area contributed by atoms with Crippen LogP contribution in [0.15, 0.2) is 77.8 Å². The molecule has 2 heterocycles. The molecular formula is C31H28N2O6. The van der Waals surface area contributed by atoms with Gasteiger partial charge in [-0.25, -0.2) is 0 Å². The standard InChI is InChI=1S/C31H28N2O6/c34-19-26-27(35)28(36)29(37)31(39-26)38-25-6-2-4-23(18-25)14-12-21-9-7-20(8-10-21)11-13-22-3-1-5-24(17-22)30-32-15-16-33-30/h1-10,17-18,26-29,31,34-37H,15-16,19H2,(H,32,33). The van der Waals surface area contributed by atoms with Gasteiger partial charge < -0.3 is 35.2 Å². The summed E-state index contributed by atoms with van der Waals surface area (Å²) in [6.45, 7) is 1.13. The number of benzene rings is 3. The summed E-state index contributed by atoms with van der Waals surface area (Å²) in [5.41, 5.74) is 4.30. The third-order valence-corrected chi connectivity index (χ3v) is 6.33. The first-order valence-electron chi connectivity index (χ1n) is 12.6. The van der Waals surface area contributed by atoms with Gasteiger partial charge >= 0.3 is 0 Å². The molecule has 0 saturated carbocycles. The molecule has 8 nitrogen and oxygen atoms in total. The Morgan fingerprint density at radius 1 is 0.795 bits per heavy atom. The molecule has 39 heavy (non-hydrogen) atoms. The highest BCUT2D eigenvalue weighted by Gasteiger charge is 2.44. The maximum atomic E-state index is 10.2. The van der Waals surface area contributed by atoms with Crippen molar-refractivity contribution in [3.8, 4) is 29.4 Å². The first-order valence-corrected chi connectivity index (χ1v) is 12.6. The molecule has 0 aliphatic carbocycles. The molecule has 5 unspecified atom stereocenters. The average Bonchev–Trinajstić information content (AvgIpc) is 3.52. The number of aliphatic imine (C=N–C) groups is 1. The van der Waals surface area contributed by atoms with Gasteiger partial charge in [0, 0.05) is 34.4 Å². The molecule has 0 aromatic heterocycles. The highest BCUT2D eigenvalue weighted by atomic mass is 16.7. The number of nitrogens with one attached hydrogen (secondary N) is 1. The molecule has 1 fully saturated rings. The van der Waals surface area contributed by atoms with Gasteiger partial charge in [-0.05, 0) is 54.6 Å². The van der Waals surface area contributed by atoms with Gasteiger partial charge in [0.05, 0.1) is 13.2 Å². The first-order chi connectivity index (χ1) is 19.0. The number of nitrogens with zero attached hydrogens (tertiary/aromatic N) is 1. The minimum atomic E-state index is -1.51. The summed E-state index contributed by atoms with van der Waals surface area (Å²) in [7, 11) is 0. The Hall–Kier alpha value is -4.15. The van der Waals surface area contributed by atoms with Crippen LogP contribution in [0.3, 0.4) is 0 Å². The zero-order valence-corrected chi connectivity index (χ0v) is 21.0. The second-order valence-corrected chi connectivity index (χ2v) is 9.16. The molecule has 2 aliphatic rings. The zero-order valence-electron chi connectivity index (χ0n) is 21.0. The van der Waals surface area contributed by atoms with Crippen molar-refractivity contribution in [2.75, 3.05) is 19.7 Å². The summed E-state index contributed by atoms with van der Waals surface area (Å²) in [6.07, 6.45) is -6.74. The third kappa shape index (κ3) is 6.47. The van der Waals surface area contributed by atoms with E-state index in [4.69, 9.17) is 9.47 Å². The molecule has 2 aliphatic heterocycles. The van der Waals surface area contributed by atoms with Crippen molar-refractivity contribution in [3.05, 3.63) is 101 Å². The number of aliphatic hydroxyl groups excluding tert-OH is 4. The van der Waals surface area contributed by atoms with Crippen LogP contribution in [-0.4, -0.2) is 76.7 Å². The van der Waals surface area contributed by atoms with Gasteiger partial charge in [0.25, 0.3) is 0 Å². The van der Waals surface area contributed by atoms with E-state index in [2.05, 4.69) is 34.0 Å². The molecule has 198 valence electrons. The summed E-state index contributed by atoms with van der Waals surface area (Å²) in [6, 6.07) is 22.5. The molecule has 3 aromatic rings. The van der Waals surface area contributed by atoms with E-state index >= 15 is 0 Å². The highest BCUT2D eigenvalue weighted by molar-refractivity contribution is 6.00. The minimum Gasteiger partial charge on any atom is -0.462 e. The van der Waals surface area contributed by atoms with E-state index in [0.29, 0.717) is 11.3 Å². The van der Waals surface area contributed by atoms with Crippen LogP contribution in [0, 0.1) is 23.7 Å². The second kappa shape index (κ2) is 12.1. The molecule has 0 amide bonds. The predicted molar refractivity (Wildman–Crippen MR) is 145 cm³/mol. The average molecular weight is 525 g/mol. The lowest BCUT2D eigenvalue weighted by atomic mass is 9.99. The molecule has 5 N–H and O–H groups in total. The van der Waals surface area contributed by atoms with Gasteiger partial charge in [-0.15, -0.1) is 0 Å².